The first-order valence-electron chi connectivity index (χ1n) is 8.90. The van der Waals surface area contributed by atoms with Gasteiger partial charge in [0, 0.05) is 18.3 Å². The van der Waals surface area contributed by atoms with Crippen LogP contribution in [0.15, 0.2) is 48.0 Å². The number of carbonyl (C=O) groups is 2. The summed E-state index contributed by atoms with van der Waals surface area (Å²) in [7, 11) is 0. The monoisotopic (exact) mass is 361 g/mol. The molecule has 5 nitrogen and oxygen atoms in total. The first-order valence-corrected chi connectivity index (χ1v) is 8.90. The van der Waals surface area contributed by atoms with Gasteiger partial charge in [-0.25, -0.2) is 0 Å². The molecule has 0 unspecified atom stereocenters. The first kappa shape index (κ1) is 19.9. The van der Waals surface area contributed by atoms with E-state index in [-0.39, 0.29) is 11.5 Å². The predicted octanol–water partition coefficient (Wildman–Crippen LogP) is 4.32. The zero-order chi connectivity index (χ0) is 19.8. The van der Waals surface area contributed by atoms with Crippen LogP contribution < -0.4 is 10.6 Å². The van der Waals surface area contributed by atoms with Crippen LogP contribution in [0.2, 0.25) is 0 Å². The molecule has 0 bridgehead atoms. The smallest absolute Gasteiger partial charge is 0.266 e. The van der Waals surface area contributed by atoms with Crippen molar-refractivity contribution in [3.05, 3.63) is 64.7 Å². The maximum atomic E-state index is 12.6. The molecule has 0 spiro atoms. The van der Waals surface area contributed by atoms with Crippen LogP contribution in [0.25, 0.3) is 6.08 Å². The quantitative estimate of drug-likeness (QED) is 0.594. The number of aryl methyl sites for hydroxylation is 2. The van der Waals surface area contributed by atoms with Crippen LogP contribution in [0.3, 0.4) is 0 Å². The molecule has 138 valence electrons. The molecule has 0 saturated carbocycles. The van der Waals surface area contributed by atoms with Gasteiger partial charge in [-0.2, -0.15) is 5.26 Å². The van der Waals surface area contributed by atoms with Gasteiger partial charge in [0.25, 0.3) is 5.91 Å². The number of nitrogens with one attached hydrogen (secondary N) is 2. The van der Waals surface area contributed by atoms with Gasteiger partial charge >= 0.3 is 0 Å². The molecule has 0 aliphatic carbocycles. The molecule has 0 heterocycles. The number of nitriles is 1. The van der Waals surface area contributed by atoms with Crippen LogP contribution >= 0.6 is 0 Å². The fourth-order valence-electron chi connectivity index (χ4n) is 2.77. The van der Waals surface area contributed by atoms with Crippen molar-refractivity contribution in [1.82, 2.24) is 0 Å². The van der Waals surface area contributed by atoms with Gasteiger partial charge in [0.15, 0.2) is 0 Å². The summed E-state index contributed by atoms with van der Waals surface area (Å²) in [5.74, 6) is -0.587. The van der Waals surface area contributed by atoms with E-state index in [4.69, 9.17) is 0 Å². The van der Waals surface area contributed by atoms with Crippen molar-refractivity contribution < 1.29 is 9.59 Å². The Morgan fingerprint density at radius 3 is 2.07 bits per heavy atom. The summed E-state index contributed by atoms with van der Waals surface area (Å²) in [4.78, 5) is 23.7. The molecule has 0 radical (unpaired) electrons. The third-order valence-electron chi connectivity index (χ3n) is 4.14. The summed E-state index contributed by atoms with van der Waals surface area (Å²) >= 11 is 0. The van der Waals surface area contributed by atoms with Crippen molar-refractivity contribution in [2.75, 3.05) is 10.6 Å². The van der Waals surface area contributed by atoms with E-state index in [2.05, 4.69) is 10.6 Å². The van der Waals surface area contributed by atoms with Crippen molar-refractivity contribution in [1.29, 1.82) is 5.26 Å². The third kappa shape index (κ3) is 5.29. The normalized spacial score (nSPS) is 10.8. The van der Waals surface area contributed by atoms with Gasteiger partial charge in [-0.05, 0) is 47.7 Å². The summed E-state index contributed by atoms with van der Waals surface area (Å²) < 4.78 is 0. The second-order valence-electron chi connectivity index (χ2n) is 6.09. The number of nitrogens with zero attached hydrogens (tertiary/aromatic N) is 1. The lowest BCUT2D eigenvalue weighted by Crippen LogP contribution is -2.16. The molecule has 2 aromatic carbocycles. The van der Waals surface area contributed by atoms with E-state index in [1.165, 1.54) is 13.0 Å². The maximum absolute atomic E-state index is 12.6. The molecule has 27 heavy (non-hydrogen) atoms. The maximum Gasteiger partial charge on any atom is 0.266 e. The topological polar surface area (TPSA) is 82.0 Å². The van der Waals surface area contributed by atoms with Crippen molar-refractivity contribution in [2.45, 2.75) is 33.6 Å². The Bertz CT molecular complexity index is 884. The van der Waals surface area contributed by atoms with Crippen molar-refractivity contribution in [2.24, 2.45) is 0 Å². The van der Waals surface area contributed by atoms with Crippen LogP contribution in [0, 0.1) is 11.3 Å². The van der Waals surface area contributed by atoms with Gasteiger partial charge in [0.1, 0.15) is 11.6 Å². The van der Waals surface area contributed by atoms with E-state index in [1.54, 1.807) is 24.3 Å². The third-order valence-corrected chi connectivity index (χ3v) is 4.14. The van der Waals surface area contributed by atoms with Crippen LogP contribution in [-0.2, 0) is 22.4 Å². The molecular formula is C22H23N3O2. The Labute approximate surface area is 159 Å². The molecule has 0 aromatic heterocycles. The average Bonchev–Trinajstić information content (AvgIpc) is 2.66. The summed E-state index contributed by atoms with van der Waals surface area (Å²) in [6.07, 6.45) is 3.12. The fraction of sp³-hybridized carbons (Fsp3) is 0.227. The molecule has 0 atom stereocenters. The molecule has 0 aliphatic rings. The van der Waals surface area contributed by atoms with Crippen LogP contribution in [0.1, 0.15) is 37.5 Å². The lowest BCUT2D eigenvalue weighted by atomic mass is 10.0. The number of para-hydroxylation sites is 1. The Balaban J connectivity index is 2.25. The van der Waals surface area contributed by atoms with Crippen LogP contribution in [-0.4, -0.2) is 11.8 Å². The lowest BCUT2D eigenvalue weighted by Gasteiger charge is -2.14. The zero-order valence-electron chi connectivity index (χ0n) is 15.8. The second-order valence-corrected chi connectivity index (χ2v) is 6.09. The SMILES string of the molecule is CCc1cccc(CC)c1NC(=O)C(C#N)=Cc1ccc(NC(C)=O)cc1. The number of benzene rings is 2. The number of hydrogen-bond donors (Lipinski definition) is 2. The van der Waals surface area contributed by atoms with E-state index in [0.29, 0.717) is 11.3 Å². The molecule has 5 heteroatoms. The number of hydrogen-bond acceptors (Lipinski definition) is 3. The van der Waals surface area contributed by atoms with E-state index in [0.717, 1.165) is 29.7 Å². The molecule has 2 aromatic rings. The van der Waals surface area contributed by atoms with Crippen LogP contribution in [0.4, 0.5) is 11.4 Å². The minimum Gasteiger partial charge on any atom is -0.326 e. The molecular weight excluding hydrogens is 338 g/mol. The largest absolute Gasteiger partial charge is 0.326 e. The molecule has 0 fully saturated rings. The standard InChI is InChI=1S/C22H23N3O2/c1-4-17-7-6-8-18(5-2)21(17)25-22(27)19(14-23)13-16-9-11-20(12-10-16)24-15(3)26/h6-13H,4-5H2,1-3H3,(H,24,26)(H,25,27). The minimum atomic E-state index is -0.431. The van der Waals surface area contributed by atoms with E-state index in [9.17, 15) is 14.9 Å². The Morgan fingerprint density at radius 2 is 1.59 bits per heavy atom. The average molecular weight is 361 g/mol. The summed E-state index contributed by atoms with van der Waals surface area (Å²) in [6, 6.07) is 14.8. The highest BCUT2D eigenvalue weighted by molar-refractivity contribution is 6.10. The van der Waals surface area contributed by atoms with Gasteiger partial charge in [0.05, 0.1) is 0 Å². The Kier molecular flexibility index (Phi) is 6.90. The Morgan fingerprint density at radius 1 is 1.00 bits per heavy atom. The zero-order valence-corrected chi connectivity index (χ0v) is 15.8. The highest BCUT2D eigenvalue weighted by Gasteiger charge is 2.14. The van der Waals surface area contributed by atoms with Gasteiger partial charge in [0.2, 0.25) is 5.91 Å². The second kappa shape index (κ2) is 9.35. The van der Waals surface area contributed by atoms with Gasteiger partial charge < -0.3 is 10.6 Å². The minimum absolute atomic E-state index is 0.0234. The highest BCUT2D eigenvalue weighted by Crippen LogP contribution is 2.23. The summed E-state index contributed by atoms with van der Waals surface area (Å²) in [5.41, 5.74) is 4.26. The molecule has 2 amide bonds. The van der Waals surface area contributed by atoms with Crippen molar-refractivity contribution in [3.63, 3.8) is 0 Å². The predicted molar refractivity (Wildman–Crippen MR) is 108 cm³/mol. The van der Waals surface area contributed by atoms with Crippen molar-refractivity contribution >= 4 is 29.3 Å². The Hall–Kier alpha value is -3.39. The molecule has 2 rings (SSSR count). The molecule has 0 saturated heterocycles. The first-order chi connectivity index (χ1) is 13.0. The van der Waals surface area contributed by atoms with E-state index < -0.39 is 5.91 Å². The fourth-order valence-corrected chi connectivity index (χ4v) is 2.77. The number of rotatable bonds is 6. The van der Waals surface area contributed by atoms with E-state index in [1.807, 2.05) is 38.1 Å². The summed E-state index contributed by atoms with van der Waals surface area (Å²) in [5, 5.41) is 15.0. The molecule has 0 aliphatic heterocycles. The lowest BCUT2D eigenvalue weighted by molar-refractivity contribution is -0.114. The molecule has 2 N–H and O–H groups in total. The summed E-state index contributed by atoms with van der Waals surface area (Å²) in [6.45, 7) is 5.49. The van der Waals surface area contributed by atoms with Crippen LogP contribution in [0.5, 0.6) is 0 Å². The highest BCUT2D eigenvalue weighted by atomic mass is 16.2. The van der Waals surface area contributed by atoms with E-state index >= 15 is 0 Å². The number of amides is 2. The van der Waals surface area contributed by atoms with Gasteiger partial charge in [-0.15, -0.1) is 0 Å². The number of anilines is 2. The van der Waals surface area contributed by atoms with Crippen molar-refractivity contribution in [3.8, 4) is 6.07 Å². The van der Waals surface area contributed by atoms with Gasteiger partial charge in [-0.3, -0.25) is 9.59 Å². The van der Waals surface area contributed by atoms with Gasteiger partial charge in [-0.1, -0.05) is 44.2 Å². The number of carbonyl (C=O) groups excluding carboxylic acids is 2.